The summed E-state index contributed by atoms with van der Waals surface area (Å²) in [6, 6.07) is 0. The molecule has 1 N–H and O–H groups in total. The molecule has 0 spiro atoms. The predicted molar refractivity (Wildman–Crippen MR) is 48.3 cm³/mol. The van der Waals surface area contributed by atoms with Crippen molar-refractivity contribution in [1.82, 2.24) is 0 Å². The molecule has 0 amide bonds. The Bertz CT molecular complexity index is 148. The van der Waals surface area contributed by atoms with Crippen molar-refractivity contribution >= 4 is 5.97 Å². The van der Waals surface area contributed by atoms with Gasteiger partial charge in [0.05, 0.1) is 25.2 Å². The minimum Gasteiger partial charge on any atom is -0.463 e. The predicted octanol–water partition coefficient (Wildman–Crippen LogP) is 0.585. The summed E-state index contributed by atoms with van der Waals surface area (Å²) < 4.78 is 9.83. The molecule has 0 bridgehead atoms. The maximum atomic E-state index is 11.2. The molecule has 0 aliphatic rings. The zero-order valence-corrected chi connectivity index (χ0v) is 8.50. The van der Waals surface area contributed by atoms with Gasteiger partial charge in [0.2, 0.25) is 0 Å². The van der Waals surface area contributed by atoms with Crippen LogP contribution in [-0.2, 0) is 14.3 Å². The lowest BCUT2D eigenvalue weighted by Crippen LogP contribution is -2.24. The number of aliphatic hydroxyl groups is 1. The largest absolute Gasteiger partial charge is 0.463 e. The molecule has 13 heavy (non-hydrogen) atoms. The summed E-state index contributed by atoms with van der Waals surface area (Å²) in [5.41, 5.74) is -0.461. The van der Waals surface area contributed by atoms with E-state index in [2.05, 4.69) is 0 Å². The highest BCUT2D eigenvalue weighted by Crippen LogP contribution is 2.14. The van der Waals surface area contributed by atoms with Gasteiger partial charge in [-0.1, -0.05) is 0 Å². The van der Waals surface area contributed by atoms with Crippen LogP contribution in [0.3, 0.4) is 0 Å². The van der Waals surface area contributed by atoms with E-state index >= 15 is 0 Å². The van der Waals surface area contributed by atoms with Gasteiger partial charge in [0, 0.05) is 0 Å². The zero-order valence-electron chi connectivity index (χ0n) is 8.50. The second-order valence-electron chi connectivity index (χ2n) is 3.72. The molecule has 0 fully saturated rings. The van der Waals surface area contributed by atoms with Crippen LogP contribution in [0.4, 0.5) is 0 Å². The van der Waals surface area contributed by atoms with Crippen molar-refractivity contribution in [2.45, 2.75) is 20.8 Å². The van der Waals surface area contributed by atoms with E-state index in [1.807, 2.05) is 0 Å². The first kappa shape index (κ1) is 12.4. The number of hydrogen-bond acceptors (Lipinski definition) is 4. The first-order valence-electron chi connectivity index (χ1n) is 4.34. The Morgan fingerprint density at radius 2 is 1.85 bits per heavy atom. The van der Waals surface area contributed by atoms with E-state index in [1.54, 1.807) is 20.8 Å². The maximum absolute atomic E-state index is 11.2. The molecule has 4 heteroatoms. The van der Waals surface area contributed by atoms with E-state index in [-0.39, 0.29) is 25.8 Å². The first-order valence-corrected chi connectivity index (χ1v) is 4.34. The van der Waals surface area contributed by atoms with E-state index in [9.17, 15) is 4.79 Å². The van der Waals surface area contributed by atoms with Gasteiger partial charge in [-0.3, -0.25) is 4.79 Å². The topological polar surface area (TPSA) is 55.8 Å². The first-order chi connectivity index (χ1) is 5.98. The highest BCUT2D eigenvalue weighted by molar-refractivity contribution is 5.75. The summed E-state index contributed by atoms with van der Waals surface area (Å²) in [5.74, 6) is -0.236. The van der Waals surface area contributed by atoms with Crippen LogP contribution in [0, 0.1) is 5.41 Å². The number of esters is 1. The van der Waals surface area contributed by atoms with E-state index in [4.69, 9.17) is 14.6 Å². The van der Waals surface area contributed by atoms with Gasteiger partial charge >= 0.3 is 5.97 Å². The van der Waals surface area contributed by atoms with E-state index < -0.39 is 5.41 Å². The third-order valence-electron chi connectivity index (χ3n) is 1.31. The molecule has 0 aromatic rings. The molecule has 0 saturated carbocycles. The van der Waals surface area contributed by atoms with Gasteiger partial charge in [-0.15, -0.1) is 0 Å². The molecule has 0 heterocycles. The number of carbonyl (C=O) groups is 1. The molecule has 0 aromatic heterocycles. The van der Waals surface area contributed by atoms with Crippen molar-refractivity contribution in [2.24, 2.45) is 5.41 Å². The normalized spacial score (nSPS) is 11.4. The van der Waals surface area contributed by atoms with E-state index in [0.29, 0.717) is 6.61 Å². The minimum absolute atomic E-state index is 0.00673. The van der Waals surface area contributed by atoms with Gasteiger partial charge in [-0.05, 0) is 20.8 Å². The van der Waals surface area contributed by atoms with Crippen LogP contribution in [0.1, 0.15) is 20.8 Å². The maximum Gasteiger partial charge on any atom is 0.311 e. The summed E-state index contributed by atoms with van der Waals surface area (Å²) in [6.45, 7) is 6.25. The van der Waals surface area contributed by atoms with Crippen LogP contribution >= 0.6 is 0 Å². The molecule has 0 rings (SSSR count). The molecule has 0 aromatic carbocycles. The highest BCUT2D eigenvalue weighted by Gasteiger charge is 2.22. The smallest absolute Gasteiger partial charge is 0.311 e. The average Bonchev–Trinajstić information content (AvgIpc) is 2.02. The Labute approximate surface area is 78.8 Å². The summed E-state index contributed by atoms with van der Waals surface area (Å²) in [6.07, 6.45) is 0. The third kappa shape index (κ3) is 6.54. The SMILES string of the molecule is CC(C)(C)C(=O)OCCOCCO. The van der Waals surface area contributed by atoms with E-state index in [0.717, 1.165) is 0 Å². The van der Waals surface area contributed by atoms with Gasteiger partial charge in [0.15, 0.2) is 0 Å². The Hall–Kier alpha value is -0.610. The molecule has 0 radical (unpaired) electrons. The lowest BCUT2D eigenvalue weighted by atomic mass is 9.97. The number of aliphatic hydroxyl groups excluding tert-OH is 1. The molecular weight excluding hydrogens is 172 g/mol. The zero-order chi connectivity index (χ0) is 10.3. The van der Waals surface area contributed by atoms with Crippen molar-refractivity contribution in [3.05, 3.63) is 0 Å². The second kappa shape index (κ2) is 5.94. The second-order valence-corrected chi connectivity index (χ2v) is 3.72. The number of carbonyl (C=O) groups excluding carboxylic acids is 1. The Kier molecular flexibility index (Phi) is 5.66. The number of rotatable bonds is 5. The Balaban J connectivity index is 3.38. The van der Waals surface area contributed by atoms with Crippen molar-refractivity contribution in [2.75, 3.05) is 26.4 Å². The van der Waals surface area contributed by atoms with Crippen LogP contribution in [0.2, 0.25) is 0 Å². The van der Waals surface area contributed by atoms with Crippen molar-refractivity contribution in [3.8, 4) is 0 Å². The van der Waals surface area contributed by atoms with Crippen molar-refractivity contribution in [3.63, 3.8) is 0 Å². The van der Waals surface area contributed by atoms with Crippen LogP contribution in [-0.4, -0.2) is 37.5 Å². The third-order valence-corrected chi connectivity index (χ3v) is 1.31. The van der Waals surface area contributed by atoms with Crippen LogP contribution in [0.25, 0.3) is 0 Å². The standard InChI is InChI=1S/C9H18O4/c1-9(2,3)8(11)13-7-6-12-5-4-10/h10H,4-7H2,1-3H3. The lowest BCUT2D eigenvalue weighted by molar-refractivity contribution is -0.154. The number of ether oxygens (including phenoxy) is 2. The van der Waals surface area contributed by atoms with E-state index in [1.165, 1.54) is 0 Å². The molecule has 0 atom stereocenters. The number of hydrogen-bond donors (Lipinski definition) is 1. The monoisotopic (exact) mass is 190 g/mol. The van der Waals surface area contributed by atoms with Crippen LogP contribution in [0.5, 0.6) is 0 Å². The van der Waals surface area contributed by atoms with Gasteiger partial charge in [-0.25, -0.2) is 0 Å². The van der Waals surface area contributed by atoms with Gasteiger partial charge < -0.3 is 14.6 Å². The molecular formula is C9H18O4. The molecule has 0 aliphatic heterocycles. The fourth-order valence-corrected chi connectivity index (χ4v) is 0.576. The summed E-state index contributed by atoms with van der Waals surface area (Å²) >= 11 is 0. The quantitative estimate of drug-likeness (QED) is 0.509. The van der Waals surface area contributed by atoms with Gasteiger partial charge in [0.25, 0.3) is 0 Å². The van der Waals surface area contributed by atoms with Crippen LogP contribution in [0.15, 0.2) is 0 Å². The lowest BCUT2D eigenvalue weighted by Gasteiger charge is -2.16. The fraction of sp³-hybridized carbons (Fsp3) is 0.889. The summed E-state index contributed by atoms with van der Waals surface area (Å²) in [5, 5.41) is 8.37. The van der Waals surface area contributed by atoms with Crippen LogP contribution < -0.4 is 0 Å². The van der Waals surface area contributed by atoms with Gasteiger partial charge in [0.1, 0.15) is 6.61 Å². The highest BCUT2D eigenvalue weighted by atomic mass is 16.6. The molecule has 4 nitrogen and oxygen atoms in total. The fourth-order valence-electron chi connectivity index (χ4n) is 0.576. The Morgan fingerprint density at radius 1 is 1.23 bits per heavy atom. The average molecular weight is 190 g/mol. The van der Waals surface area contributed by atoms with Crippen molar-refractivity contribution < 1.29 is 19.4 Å². The Morgan fingerprint density at radius 3 is 2.31 bits per heavy atom. The molecule has 0 unspecified atom stereocenters. The summed E-state index contributed by atoms with van der Waals surface area (Å²) in [7, 11) is 0. The van der Waals surface area contributed by atoms with Crippen molar-refractivity contribution in [1.29, 1.82) is 0 Å². The van der Waals surface area contributed by atoms with Gasteiger partial charge in [-0.2, -0.15) is 0 Å². The molecule has 78 valence electrons. The molecule has 0 aliphatic carbocycles. The minimum atomic E-state index is -0.461. The summed E-state index contributed by atoms with van der Waals surface area (Å²) in [4.78, 5) is 11.2. The molecule has 0 saturated heterocycles.